The van der Waals surface area contributed by atoms with Gasteiger partial charge in [-0.05, 0) is 36.3 Å². The average molecular weight is 236 g/mol. The lowest BCUT2D eigenvalue weighted by molar-refractivity contribution is 0.0696. The fraction of sp³-hybridized carbons (Fsp3) is 0.462. The first-order valence-electron chi connectivity index (χ1n) is 5.63. The zero-order valence-electron chi connectivity index (χ0n) is 9.15. The molecular formula is C13H16O2S. The minimum absolute atomic E-state index is 0.106. The number of hydrogen-bond acceptors (Lipinski definition) is 2. The quantitative estimate of drug-likeness (QED) is 0.791. The lowest BCUT2D eigenvalue weighted by atomic mass is 9.80. The van der Waals surface area contributed by atoms with Crippen LogP contribution in [0.1, 0.15) is 41.6 Å². The van der Waals surface area contributed by atoms with Crippen LogP contribution in [0.2, 0.25) is 0 Å². The highest BCUT2D eigenvalue weighted by molar-refractivity contribution is 7.80. The Morgan fingerprint density at radius 2 is 2.06 bits per heavy atom. The summed E-state index contributed by atoms with van der Waals surface area (Å²) in [5.74, 6) is -0.0510. The summed E-state index contributed by atoms with van der Waals surface area (Å²) in [5, 5.41) is 8.99. The summed E-state index contributed by atoms with van der Waals surface area (Å²) < 4.78 is 0. The SMILES string of the molecule is O=C(O)c1cccc(C2(CS)CCCC2)c1. The highest BCUT2D eigenvalue weighted by Crippen LogP contribution is 2.42. The second-order valence-electron chi connectivity index (χ2n) is 4.53. The summed E-state index contributed by atoms with van der Waals surface area (Å²) in [4.78, 5) is 10.9. The summed E-state index contributed by atoms with van der Waals surface area (Å²) in [6.45, 7) is 0. The smallest absolute Gasteiger partial charge is 0.335 e. The third-order valence-corrected chi connectivity index (χ3v) is 4.19. The number of carbonyl (C=O) groups is 1. The van der Waals surface area contributed by atoms with Crippen molar-refractivity contribution in [3.05, 3.63) is 35.4 Å². The van der Waals surface area contributed by atoms with Crippen molar-refractivity contribution in [2.75, 3.05) is 5.75 Å². The predicted octanol–water partition coefficient (Wildman–Crippen LogP) is 3.13. The molecule has 0 saturated heterocycles. The second-order valence-corrected chi connectivity index (χ2v) is 4.85. The van der Waals surface area contributed by atoms with Gasteiger partial charge in [-0.1, -0.05) is 25.0 Å². The van der Waals surface area contributed by atoms with E-state index in [0.29, 0.717) is 5.56 Å². The van der Waals surface area contributed by atoms with Crippen LogP contribution >= 0.6 is 12.6 Å². The fourth-order valence-corrected chi connectivity index (χ4v) is 3.07. The van der Waals surface area contributed by atoms with Crippen LogP contribution < -0.4 is 0 Å². The van der Waals surface area contributed by atoms with E-state index in [1.165, 1.54) is 12.8 Å². The number of benzene rings is 1. The fourth-order valence-electron chi connectivity index (χ4n) is 2.57. The van der Waals surface area contributed by atoms with E-state index in [1.54, 1.807) is 6.07 Å². The zero-order valence-corrected chi connectivity index (χ0v) is 10.0. The van der Waals surface area contributed by atoms with Crippen LogP contribution in [-0.2, 0) is 5.41 Å². The van der Waals surface area contributed by atoms with Gasteiger partial charge in [0.2, 0.25) is 0 Å². The standard InChI is InChI=1S/C13H16O2S/c14-12(15)10-4-3-5-11(8-10)13(9-16)6-1-2-7-13/h3-5,8,16H,1-2,6-7,9H2,(H,14,15). The first-order valence-corrected chi connectivity index (χ1v) is 6.26. The first-order chi connectivity index (χ1) is 7.68. The summed E-state index contributed by atoms with van der Waals surface area (Å²) in [7, 11) is 0. The average Bonchev–Trinajstić information content (AvgIpc) is 2.79. The molecule has 16 heavy (non-hydrogen) atoms. The third kappa shape index (κ3) is 1.96. The molecule has 0 aromatic heterocycles. The summed E-state index contributed by atoms with van der Waals surface area (Å²) in [6.07, 6.45) is 4.69. The van der Waals surface area contributed by atoms with Crippen molar-refractivity contribution in [2.24, 2.45) is 0 Å². The Labute approximate surface area is 101 Å². The molecule has 1 aliphatic carbocycles. The number of carboxylic acids is 1. The van der Waals surface area contributed by atoms with Crippen LogP contribution in [-0.4, -0.2) is 16.8 Å². The minimum Gasteiger partial charge on any atom is -0.478 e. The van der Waals surface area contributed by atoms with Crippen molar-refractivity contribution in [1.82, 2.24) is 0 Å². The molecule has 1 N–H and O–H groups in total. The molecule has 0 spiro atoms. The van der Waals surface area contributed by atoms with Gasteiger partial charge in [0.05, 0.1) is 5.56 Å². The largest absolute Gasteiger partial charge is 0.478 e. The molecule has 1 aromatic rings. The molecule has 1 fully saturated rings. The Bertz CT molecular complexity index is 395. The molecule has 0 aliphatic heterocycles. The van der Waals surface area contributed by atoms with Gasteiger partial charge in [0.1, 0.15) is 0 Å². The van der Waals surface area contributed by atoms with Crippen molar-refractivity contribution in [3.63, 3.8) is 0 Å². The lowest BCUT2D eigenvalue weighted by Crippen LogP contribution is -2.24. The van der Waals surface area contributed by atoms with Gasteiger partial charge >= 0.3 is 5.97 Å². The summed E-state index contributed by atoms with van der Waals surface area (Å²) in [5.41, 5.74) is 1.62. The van der Waals surface area contributed by atoms with E-state index in [4.69, 9.17) is 5.11 Å². The van der Waals surface area contributed by atoms with Crippen LogP contribution in [0.15, 0.2) is 24.3 Å². The molecule has 2 rings (SSSR count). The Morgan fingerprint density at radius 3 is 2.62 bits per heavy atom. The van der Waals surface area contributed by atoms with Gasteiger partial charge in [-0.15, -0.1) is 0 Å². The highest BCUT2D eigenvalue weighted by Gasteiger charge is 2.34. The Hall–Kier alpha value is -0.960. The Morgan fingerprint density at radius 1 is 1.38 bits per heavy atom. The summed E-state index contributed by atoms with van der Waals surface area (Å²) in [6, 6.07) is 7.33. The van der Waals surface area contributed by atoms with E-state index in [0.717, 1.165) is 24.2 Å². The topological polar surface area (TPSA) is 37.3 Å². The number of carboxylic acid groups (broad SMARTS) is 1. The molecule has 0 heterocycles. The number of thiol groups is 1. The maximum atomic E-state index is 10.9. The van der Waals surface area contributed by atoms with Crippen LogP contribution in [0.25, 0.3) is 0 Å². The zero-order chi connectivity index (χ0) is 11.6. The van der Waals surface area contributed by atoms with Gasteiger partial charge in [-0.3, -0.25) is 0 Å². The van der Waals surface area contributed by atoms with E-state index in [-0.39, 0.29) is 5.41 Å². The molecule has 1 aliphatic rings. The van der Waals surface area contributed by atoms with Crippen LogP contribution in [0.3, 0.4) is 0 Å². The second kappa shape index (κ2) is 4.50. The molecule has 0 atom stereocenters. The maximum Gasteiger partial charge on any atom is 0.335 e. The molecule has 0 amide bonds. The van der Waals surface area contributed by atoms with Gasteiger partial charge in [-0.25, -0.2) is 4.79 Å². The third-order valence-electron chi connectivity index (χ3n) is 3.59. The van der Waals surface area contributed by atoms with Crippen molar-refractivity contribution in [3.8, 4) is 0 Å². The van der Waals surface area contributed by atoms with Crippen LogP contribution in [0, 0.1) is 0 Å². The number of rotatable bonds is 3. The normalized spacial score (nSPS) is 18.6. The van der Waals surface area contributed by atoms with Crippen molar-refractivity contribution in [1.29, 1.82) is 0 Å². The Kier molecular flexibility index (Phi) is 3.24. The van der Waals surface area contributed by atoms with Gasteiger partial charge < -0.3 is 5.11 Å². The van der Waals surface area contributed by atoms with E-state index in [1.807, 2.05) is 18.2 Å². The number of aromatic carboxylic acids is 1. The maximum absolute atomic E-state index is 10.9. The molecule has 1 aromatic carbocycles. The van der Waals surface area contributed by atoms with Crippen LogP contribution in [0.5, 0.6) is 0 Å². The van der Waals surface area contributed by atoms with Crippen molar-refractivity contribution < 1.29 is 9.90 Å². The monoisotopic (exact) mass is 236 g/mol. The van der Waals surface area contributed by atoms with Crippen LogP contribution in [0.4, 0.5) is 0 Å². The van der Waals surface area contributed by atoms with E-state index >= 15 is 0 Å². The molecule has 0 radical (unpaired) electrons. The van der Waals surface area contributed by atoms with E-state index in [2.05, 4.69) is 12.6 Å². The molecule has 1 saturated carbocycles. The highest BCUT2D eigenvalue weighted by atomic mass is 32.1. The van der Waals surface area contributed by atoms with E-state index in [9.17, 15) is 4.79 Å². The lowest BCUT2D eigenvalue weighted by Gasteiger charge is -2.27. The molecule has 2 nitrogen and oxygen atoms in total. The molecule has 3 heteroatoms. The molecule has 86 valence electrons. The molecular weight excluding hydrogens is 220 g/mol. The Balaban J connectivity index is 2.38. The van der Waals surface area contributed by atoms with E-state index < -0.39 is 5.97 Å². The van der Waals surface area contributed by atoms with Gasteiger partial charge in [0, 0.05) is 5.41 Å². The van der Waals surface area contributed by atoms with Gasteiger partial charge in [0.25, 0.3) is 0 Å². The predicted molar refractivity (Wildman–Crippen MR) is 67.4 cm³/mol. The number of hydrogen-bond donors (Lipinski definition) is 2. The van der Waals surface area contributed by atoms with Gasteiger partial charge in [0.15, 0.2) is 0 Å². The minimum atomic E-state index is -0.853. The first kappa shape index (κ1) is 11.5. The van der Waals surface area contributed by atoms with Crippen molar-refractivity contribution in [2.45, 2.75) is 31.1 Å². The van der Waals surface area contributed by atoms with Crippen molar-refractivity contribution >= 4 is 18.6 Å². The molecule has 0 bridgehead atoms. The molecule has 0 unspecified atom stereocenters. The van der Waals surface area contributed by atoms with Gasteiger partial charge in [-0.2, -0.15) is 12.6 Å². The summed E-state index contributed by atoms with van der Waals surface area (Å²) >= 11 is 4.45.